The maximum Gasteiger partial charge on any atom is 0.303 e. The molecular formula is C40H48N6O5. The number of Topliss-reactive ketones (excluding diaryl/α,β-unsaturated/α-hetero) is 1. The number of carbonyl (C=O) groups is 4. The summed E-state index contributed by atoms with van der Waals surface area (Å²) in [6.07, 6.45) is 4.24. The Bertz CT molecular complexity index is 1820. The molecule has 6 N–H and O–H groups in total. The van der Waals surface area contributed by atoms with Crippen LogP contribution in [0.1, 0.15) is 79.7 Å². The Morgan fingerprint density at radius 1 is 0.941 bits per heavy atom. The molecule has 51 heavy (non-hydrogen) atoms. The molecule has 1 aliphatic rings. The highest BCUT2D eigenvalue weighted by molar-refractivity contribution is 5.96. The minimum absolute atomic E-state index is 0.0458. The maximum absolute atomic E-state index is 13.8. The van der Waals surface area contributed by atoms with E-state index in [9.17, 15) is 19.2 Å². The average molecular weight is 693 g/mol. The van der Waals surface area contributed by atoms with Gasteiger partial charge in [0.2, 0.25) is 5.91 Å². The quantitative estimate of drug-likeness (QED) is 0.0988. The molecule has 4 aromatic rings. The molecule has 1 aromatic heterocycles. The van der Waals surface area contributed by atoms with Crippen LogP contribution in [0, 0.1) is 24.7 Å². The number of aromatic nitrogens is 3. The van der Waals surface area contributed by atoms with Crippen molar-refractivity contribution < 1.29 is 24.3 Å². The van der Waals surface area contributed by atoms with Gasteiger partial charge in [-0.15, -0.1) is 0 Å². The molecule has 0 radical (unpaired) electrons. The fraction of sp³-hybridized carbons (Fsp3) is 0.400. The number of rotatable bonds is 15. The molecule has 1 atom stereocenters. The van der Waals surface area contributed by atoms with E-state index in [1.54, 1.807) is 24.3 Å². The van der Waals surface area contributed by atoms with Crippen molar-refractivity contribution in [3.05, 3.63) is 89.2 Å². The molecule has 0 saturated heterocycles. The third-order valence-electron chi connectivity index (χ3n) is 9.63. The normalized spacial score (nSPS) is 16.4. The fourth-order valence-corrected chi connectivity index (χ4v) is 6.67. The van der Waals surface area contributed by atoms with Gasteiger partial charge in [-0.25, -0.2) is 4.98 Å². The van der Waals surface area contributed by atoms with Crippen molar-refractivity contribution in [1.29, 1.82) is 0 Å². The van der Waals surface area contributed by atoms with Crippen LogP contribution < -0.4 is 16.4 Å². The van der Waals surface area contributed by atoms with Gasteiger partial charge in [-0.05, 0) is 124 Å². The topological polar surface area (TPSA) is 180 Å². The lowest BCUT2D eigenvalue weighted by Crippen LogP contribution is -2.31. The van der Waals surface area contributed by atoms with E-state index in [1.165, 1.54) is 0 Å². The van der Waals surface area contributed by atoms with Gasteiger partial charge in [0.05, 0.1) is 6.42 Å². The number of nitrogens with one attached hydrogen (secondary N) is 3. The highest BCUT2D eigenvalue weighted by Crippen LogP contribution is 2.32. The predicted octanol–water partition coefficient (Wildman–Crippen LogP) is 6.12. The van der Waals surface area contributed by atoms with Gasteiger partial charge in [-0.1, -0.05) is 30.3 Å². The Labute approximate surface area is 298 Å². The molecule has 11 heteroatoms. The standard InChI is InChI=1S/C40H48N6O5/c1-24(2)42-39(50)31-14-17-34(25(3)20-31)28-8-4-26(5-9-28)21-32(22-35(47)29-10-6-27(23-41)7-11-29)40(51)43-33-15-12-30(13-16-33)38-44-36(45-46-38)18-19-37(48)49/h4-5,8-9,12-17,20,24,27,29,32H,6-7,10-11,18-19,21-23,41H2,1-3H3,(H,42,50)(H,43,51)(H,48,49)(H,44,45,46)/t27?,29?,32-/m1/s1. The third-order valence-corrected chi connectivity index (χ3v) is 9.63. The van der Waals surface area contributed by atoms with Gasteiger partial charge in [-0.2, -0.15) is 5.10 Å². The lowest BCUT2D eigenvalue weighted by Gasteiger charge is -2.27. The number of amides is 2. The van der Waals surface area contributed by atoms with Crippen LogP contribution in [0.2, 0.25) is 0 Å². The summed E-state index contributed by atoms with van der Waals surface area (Å²) in [7, 11) is 0. The van der Waals surface area contributed by atoms with E-state index in [4.69, 9.17) is 10.8 Å². The van der Waals surface area contributed by atoms with Crippen LogP contribution in [0.5, 0.6) is 0 Å². The lowest BCUT2D eigenvalue weighted by molar-refractivity contribution is -0.137. The predicted molar refractivity (Wildman–Crippen MR) is 197 cm³/mol. The van der Waals surface area contributed by atoms with E-state index in [1.807, 2.05) is 63.2 Å². The molecule has 0 aliphatic heterocycles. The zero-order valence-electron chi connectivity index (χ0n) is 29.6. The summed E-state index contributed by atoms with van der Waals surface area (Å²) in [5.74, 6) is -0.354. The zero-order chi connectivity index (χ0) is 36.5. The Balaban J connectivity index is 1.29. The first-order valence-electron chi connectivity index (χ1n) is 17.8. The van der Waals surface area contributed by atoms with E-state index in [0.717, 1.165) is 53.5 Å². The monoisotopic (exact) mass is 692 g/mol. The third kappa shape index (κ3) is 10.2. The van der Waals surface area contributed by atoms with Gasteiger partial charge >= 0.3 is 5.97 Å². The summed E-state index contributed by atoms with van der Waals surface area (Å²) in [4.78, 5) is 55.1. The minimum atomic E-state index is -0.907. The minimum Gasteiger partial charge on any atom is -0.481 e. The summed E-state index contributed by atoms with van der Waals surface area (Å²) >= 11 is 0. The van der Waals surface area contributed by atoms with Crippen molar-refractivity contribution >= 4 is 29.3 Å². The molecule has 1 saturated carbocycles. The first-order valence-corrected chi connectivity index (χ1v) is 17.8. The van der Waals surface area contributed by atoms with E-state index in [2.05, 4.69) is 25.8 Å². The van der Waals surface area contributed by atoms with Crippen LogP contribution in [0.25, 0.3) is 22.5 Å². The van der Waals surface area contributed by atoms with Gasteiger partial charge in [0.25, 0.3) is 5.91 Å². The number of carbonyl (C=O) groups excluding carboxylic acids is 3. The smallest absolute Gasteiger partial charge is 0.303 e. The number of aliphatic carboxylic acids is 1. The van der Waals surface area contributed by atoms with Crippen molar-refractivity contribution in [2.24, 2.45) is 23.5 Å². The van der Waals surface area contributed by atoms with E-state index < -0.39 is 11.9 Å². The Morgan fingerprint density at radius 3 is 2.25 bits per heavy atom. The van der Waals surface area contributed by atoms with Crippen LogP contribution >= 0.6 is 0 Å². The first-order chi connectivity index (χ1) is 24.5. The van der Waals surface area contributed by atoms with Gasteiger partial charge < -0.3 is 21.5 Å². The second-order valence-electron chi connectivity index (χ2n) is 13.9. The van der Waals surface area contributed by atoms with Crippen LogP contribution in [-0.2, 0) is 27.2 Å². The van der Waals surface area contributed by atoms with E-state index >= 15 is 0 Å². The second kappa shape index (κ2) is 17.2. The van der Waals surface area contributed by atoms with Crippen molar-refractivity contribution in [3.63, 3.8) is 0 Å². The number of aromatic amines is 1. The van der Waals surface area contributed by atoms with Gasteiger partial charge in [0, 0.05) is 47.5 Å². The number of carboxylic acid groups (broad SMARTS) is 1. The molecule has 3 aromatic carbocycles. The summed E-state index contributed by atoms with van der Waals surface area (Å²) in [5.41, 5.74) is 11.7. The zero-order valence-corrected chi connectivity index (χ0v) is 29.6. The van der Waals surface area contributed by atoms with Gasteiger partial charge in [0.1, 0.15) is 11.6 Å². The molecule has 1 heterocycles. The van der Waals surface area contributed by atoms with Crippen LogP contribution in [0.3, 0.4) is 0 Å². The number of nitrogens with zero attached hydrogens (tertiary/aromatic N) is 2. The molecule has 2 amide bonds. The maximum atomic E-state index is 13.8. The molecule has 1 aliphatic carbocycles. The number of aryl methyl sites for hydroxylation is 2. The number of nitrogens with two attached hydrogens (primary N) is 1. The molecule has 11 nitrogen and oxygen atoms in total. The number of carboxylic acids is 1. The number of hydrogen-bond donors (Lipinski definition) is 5. The summed E-state index contributed by atoms with van der Waals surface area (Å²) in [5, 5.41) is 21.8. The van der Waals surface area contributed by atoms with E-state index in [0.29, 0.717) is 41.8 Å². The highest BCUT2D eigenvalue weighted by atomic mass is 16.4. The summed E-state index contributed by atoms with van der Waals surface area (Å²) < 4.78 is 0. The first kappa shape index (κ1) is 37.1. The van der Waals surface area contributed by atoms with Crippen LogP contribution in [0.15, 0.2) is 66.7 Å². The molecule has 1 fully saturated rings. The molecule has 0 unspecified atom stereocenters. The van der Waals surface area contributed by atoms with Crippen LogP contribution in [-0.4, -0.2) is 56.4 Å². The molecular weight excluding hydrogens is 644 g/mol. The number of ketones is 1. The molecule has 268 valence electrons. The van der Waals surface area contributed by atoms with Crippen molar-refractivity contribution in [3.8, 4) is 22.5 Å². The number of H-pyrrole nitrogens is 1. The average Bonchev–Trinajstić information content (AvgIpc) is 3.60. The summed E-state index contributed by atoms with van der Waals surface area (Å²) in [6.45, 7) is 6.49. The second-order valence-corrected chi connectivity index (χ2v) is 13.9. The Kier molecular flexibility index (Phi) is 12.5. The number of anilines is 1. The van der Waals surface area contributed by atoms with Crippen LogP contribution in [0.4, 0.5) is 5.69 Å². The molecule has 0 bridgehead atoms. The largest absolute Gasteiger partial charge is 0.481 e. The highest BCUT2D eigenvalue weighted by Gasteiger charge is 2.30. The summed E-state index contributed by atoms with van der Waals surface area (Å²) in [6, 6.07) is 20.9. The van der Waals surface area contributed by atoms with Gasteiger partial charge in [-0.3, -0.25) is 24.3 Å². The fourth-order valence-electron chi connectivity index (χ4n) is 6.67. The molecule has 5 rings (SSSR count). The number of hydrogen-bond acceptors (Lipinski definition) is 7. The van der Waals surface area contributed by atoms with Crippen molar-refractivity contribution in [2.75, 3.05) is 11.9 Å². The van der Waals surface area contributed by atoms with Crippen molar-refractivity contribution in [1.82, 2.24) is 20.5 Å². The Morgan fingerprint density at radius 2 is 1.63 bits per heavy atom. The number of benzene rings is 3. The van der Waals surface area contributed by atoms with Crippen molar-refractivity contribution in [2.45, 2.75) is 78.2 Å². The lowest BCUT2D eigenvalue weighted by atomic mass is 9.77. The SMILES string of the molecule is Cc1cc(C(=O)NC(C)C)ccc1-c1ccc(C[C@H](CC(=O)C2CCC(CN)CC2)C(=O)Nc2ccc(-c3n[nH]c(CCC(=O)O)n3)cc2)cc1. The van der Waals surface area contributed by atoms with E-state index in [-0.39, 0.29) is 48.8 Å². The molecule has 0 spiro atoms. The Hall–Kier alpha value is -5.16. The van der Waals surface area contributed by atoms with Gasteiger partial charge in [0.15, 0.2) is 5.82 Å².